The van der Waals surface area contributed by atoms with Gasteiger partial charge in [-0.3, -0.25) is 0 Å². The van der Waals surface area contributed by atoms with E-state index in [0.717, 1.165) is 18.3 Å². The van der Waals surface area contributed by atoms with E-state index in [9.17, 15) is 5.11 Å². The van der Waals surface area contributed by atoms with Gasteiger partial charge in [-0.2, -0.15) is 0 Å². The molecule has 15 heavy (non-hydrogen) atoms. The number of allylic oxidation sites excluding steroid dienone is 2. The van der Waals surface area contributed by atoms with Crippen LogP contribution in [0.5, 0.6) is 0 Å². The Morgan fingerprint density at radius 1 is 1.40 bits per heavy atom. The van der Waals surface area contributed by atoms with Gasteiger partial charge < -0.3 is 5.11 Å². The first-order valence-corrected chi connectivity index (χ1v) is 6.48. The average molecular weight is 208 g/mol. The number of fused-ring (bicyclic) bond motifs is 1. The molecule has 0 bridgehead atoms. The smallest absolute Gasteiger partial charge is 0.0576 e. The molecule has 5 unspecified atom stereocenters. The minimum absolute atomic E-state index is 0.0443. The largest absolute Gasteiger partial charge is 0.393 e. The first kappa shape index (κ1) is 11.2. The Labute approximate surface area is 93.6 Å². The predicted octanol–water partition coefficient (Wildman–Crippen LogP) is 3.39. The van der Waals surface area contributed by atoms with Crippen molar-refractivity contribution in [2.24, 2.45) is 23.7 Å². The molecule has 2 aliphatic rings. The second kappa shape index (κ2) is 4.29. The fourth-order valence-electron chi connectivity index (χ4n) is 3.94. The zero-order valence-electron chi connectivity index (χ0n) is 10.2. The van der Waals surface area contributed by atoms with Crippen LogP contribution in [0.25, 0.3) is 0 Å². The molecule has 5 atom stereocenters. The lowest BCUT2D eigenvalue weighted by Crippen LogP contribution is -2.42. The van der Waals surface area contributed by atoms with Crippen molar-refractivity contribution in [3.63, 3.8) is 0 Å². The number of rotatable bonds is 1. The molecule has 1 saturated carbocycles. The summed E-state index contributed by atoms with van der Waals surface area (Å²) < 4.78 is 0. The van der Waals surface area contributed by atoms with Gasteiger partial charge in [0, 0.05) is 0 Å². The maximum absolute atomic E-state index is 10.1. The molecule has 1 heteroatoms. The van der Waals surface area contributed by atoms with Crippen molar-refractivity contribution in [1.82, 2.24) is 0 Å². The Morgan fingerprint density at radius 3 is 2.80 bits per heavy atom. The Hall–Kier alpha value is -0.300. The van der Waals surface area contributed by atoms with Gasteiger partial charge in [-0.25, -0.2) is 0 Å². The summed E-state index contributed by atoms with van der Waals surface area (Å²) in [4.78, 5) is 0. The van der Waals surface area contributed by atoms with Crippen LogP contribution in [0.3, 0.4) is 0 Å². The van der Waals surface area contributed by atoms with Crippen LogP contribution in [-0.2, 0) is 0 Å². The molecule has 0 saturated heterocycles. The van der Waals surface area contributed by atoms with Gasteiger partial charge in [-0.15, -0.1) is 0 Å². The molecular weight excluding hydrogens is 184 g/mol. The van der Waals surface area contributed by atoms with Crippen LogP contribution in [0.4, 0.5) is 0 Å². The highest BCUT2D eigenvalue weighted by molar-refractivity contribution is 5.11. The first-order chi connectivity index (χ1) is 7.13. The van der Waals surface area contributed by atoms with Gasteiger partial charge in [0.05, 0.1) is 6.10 Å². The van der Waals surface area contributed by atoms with E-state index in [1.54, 1.807) is 0 Å². The highest BCUT2D eigenvalue weighted by atomic mass is 16.3. The van der Waals surface area contributed by atoms with Crippen LogP contribution in [-0.4, -0.2) is 11.2 Å². The van der Waals surface area contributed by atoms with E-state index in [0.29, 0.717) is 11.8 Å². The quantitative estimate of drug-likeness (QED) is 0.655. The molecule has 1 nitrogen and oxygen atoms in total. The van der Waals surface area contributed by atoms with Gasteiger partial charge in [0.2, 0.25) is 0 Å². The van der Waals surface area contributed by atoms with Crippen LogP contribution in [0.1, 0.15) is 46.5 Å². The number of aliphatic hydroxyl groups is 1. The van der Waals surface area contributed by atoms with Gasteiger partial charge in [0.15, 0.2) is 0 Å². The average Bonchev–Trinajstić information content (AvgIpc) is 2.17. The van der Waals surface area contributed by atoms with Crippen molar-refractivity contribution in [3.8, 4) is 0 Å². The normalized spacial score (nSPS) is 45.9. The second-order valence-electron chi connectivity index (χ2n) is 5.63. The Bertz CT molecular complexity index is 256. The van der Waals surface area contributed by atoms with E-state index in [1.165, 1.54) is 24.8 Å². The molecule has 1 fully saturated rings. The zero-order chi connectivity index (χ0) is 11.0. The summed E-state index contributed by atoms with van der Waals surface area (Å²) in [6.45, 7) is 6.83. The SMILES string of the molecule is CCC1CCC(O)C2C(C)C=C(C)CC12. The molecule has 0 aromatic rings. The number of hydrogen-bond donors (Lipinski definition) is 1. The predicted molar refractivity (Wildman–Crippen MR) is 63.5 cm³/mol. The molecule has 1 N–H and O–H groups in total. The molecule has 0 aromatic heterocycles. The summed E-state index contributed by atoms with van der Waals surface area (Å²) in [7, 11) is 0. The topological polar surface area (TPSA) is 20.2 Å². The third kappa shape index (κ3) is 1.99. The molecule has 2 rings (SSSR count). The molecule has 0 aromatic carbocycles. The van der Waals surface area contributed by atoms with Crippen LogP contribution >= 0.6 is 0 Å². The summed E-state index contributed by atoms with van der Waals surface area (Å²) in [5, 5.41) is 10.1. The van der Waals surface area contributed by atoms with E-state index in [4.69, 9.17) is 0 Å². The van der Waals surface area contributed by atoms with E-state index in [1.807, 2.05) is 0 Å². The van der Waals surface area contributed by atoms with Crippen molar-refractivity contribution in [3.05, 3.63) is 11.6 Å². The summed E-state index contributed by atoms with van der Waals surface area (Å²) in [6, 6.07) is 0. The lowest BCUT2D eigenvalue weighted by Gasteiger charge is -2.46. The van der Waals surface area contributed by atoms with Crippen LogP contribution < -0.4 is 0 Å². The summed E-state index contributed by atoms with van der Waals surface area (Å²) in [5.41, 5.74) is 1.54. The monoisotopic (exact) mass is 208 g/mol. The molecule has 0 aliphatic heterocycles. The van der Waals surface area contributed by atoms with Crippen LogP contribution in [0.2, 0.25) is 0 Å². The molecule has 2 aliphatic carbocycles. The van der Waals surface area contributed by atoms with Gasteiger partial charge >= 0.3 is 0 Å². The minimum Gasteiger partial charge on any atom is -0.393 e. The van der Waals surface area contributed by atoms with E-state index >= 15 is 0 Å². The standard InChI is InChI=1S/C14H24O/c1-4-11-5-6-13(15)14-10(3)7-9(2)8-12(11)14/h7,10-15H,4-6,8H2,1-3H3. The molecule has 0 heterocycles. The van der Waals surface area contributed by atoms with Gasteiger partial charge in [0.1, 0.15) is 0 Å². The van der Waals surface area contributed by atoms with Crippen LogP contribution in [0.15, 0.2) is 11.6 Å². The third-order valence-corrected chi connectivity index (χ3v) is 4.61. The maximum atomic E-state index is 10.1. The van der Waals surface area contributed by atoms with Crippen molar-refractivity contribution in [2.75, 3.05) is 0 Å². The Balaban J connectivity index is 2.22. The summed E-state index contributed by atoms with van der Waals surface area (Å²) in [6.07, 6.45) is 7.11. The fraction of sp³-hybridized carbons (Fsp3) is 0.857. The van der Waals surface area contributed by atoms with Crippen molar-refractivity contribution in [2.45, 2.75) is 52.6 Å². The van der Waals surface area contributed by atoms with Gasteiger partial charge in [-0.1, -0.05) is 31.9 Å². The highest BCUT2D eigenvalue weighted by Crippen LogP contribution is 2.46. The van der Waals surface area contributed by atoms with Gasteiger partial charge in [-0.05, 0) is 49.9 Å². The summed E-state index contributed by atoms with van der Waals surface area (Å²) >= 11 is 0. The maximum Gasteiger partial charge on any atom is 0.0576 e. The van der Waals surface area contributed by atoms with E-state index in [2.05, 4.69) is 26.8 Å². The second-order valence-corrected chi connectivity index (χ2v) is 5.63. The van der Waals surface area contributed by atoms with Crippen molar-refractivity contribution < 1.29 is 5.11 Å². The molecular formula is C14H24O. The minimum atomic E-state index is -0.0443. The van der Waals surface area contributed by atoms with Crippen molar-refractivity contribution in [1.29, 1.82) is 0 Å². The van der Waals surface area contributed by atoms with E-state index in [-0.39, 0.29) is 6.10 Å². The van der Waals surface area contributed by atoms with E-state index < -0.39 is 0 Å². The van der Waals surface area contributed by atoms with Crippen molar-refractivity contribution >= 4 is 0 Å². The fourth-order valence-corrected chi connectivity index (χ4v) is 3.94. The van der Waals surface area contributed by atoms with Gasteiger partial charge in [0.25, 0.3) is 0 Å². The molecule has 0 amide bonds. The number of aliphatic hydroxyl groups excluding tert-OH is 1. The molecule has 86 valence electrons. The third-order valence-electron chi connectivity index (χ3n) is 4.61. The lowest BCUT2D eigenvalue weighted by atomic mass is 9.61. The highest BCUT2D eigenvalue weighted by Gasteiger charge is 2.41. The number of hydrogen-bond acceptors (Lipinski definition) is 1. The Morgan fingerprint density at radius 2 is 2.13 bits per heavy atom. The molecule has 0 spiro atoms. The molecule has 0 radical (unpaired) electrons. The zero-order valence-corrected chi connectivity index (χ0v) is 10.2. The first-order valence-electron chi connectivity index (χ1n) is 6.48. The van der Waals surface area contributed by atoms with Crippen LogP contribution in [0, 0.1) is 23.7 Å². The summed E-state index contributed by atoms with van der Waals surface area (Å²) in [5.74, 6) is 2.71. The lowest BCUT2D eigenvalue weighted by molar-refractivity contribution is -0.0217. The Kier molecular flexibility index (Phi) is 3.20.